The van der Waals surface area contributed by atoms with Gasteiger partial charge in [-0.05, 0) is 62.0 Å². The molecule has 2 heterocycles. The molecule has 4 rings (SSSR count). The van der Waals surface area contributed by atoms with Gasteiger partial charge in [0.25, 0.3) is 5.91 Å². The molecule has 1 aliphatic carbocycles. The van der Waals surface area contributed by atoms with E-state index in [1.54, 1.807) is 12.1 Å². The number of carbonyl (C=O) groups excluding carboxylic acids is 1. The maximum absolute atomic E-state index is 13.2. The number of amides is 1. The van der Waals surface area contributed by atoms with Crippen molar-refractivity contribution in [2.45, 2.75) is 25.0 Å². The molecule has 1 aliphatic heterocycles. The van der Waals surface area contributed by atoms with Crippen molar-refractivity contribution in [1.29, 1.82) is 0 Å². The number of halogens is 2. The van der Waals surface area contributed by atoms with E-state index in [1.165, 1.54) is 12.1 Å². The van der Waals surface area contributed by atoms with Gasteiger partial charge in [0.05, 0.1) is 12.1 Å². The molecule has 4 atom stereocenters. The van der Waals surface area contributed by atoms with E-state index in [9.17, 15) is 14.3 Å². The van der Waals surface area contributed by atoms with E-state index in [4.69, 9.17) is 0 Å². The number of nitrogens with one attached hydrogen (secondary N) is 3. The van der Waals surface area contributed by atoms with Gasteiger partial charge in [0.1, 0.15) is 11.5 Å². The number of aliphatic hydroxyl groups excluding tert-OH is 1. The van der Waals surface area contributed by atoms with Gasteiger partial charge in [0.2, 0.25) is 0 Å². The van der Waals surface area contributed by atoms with Crippen molar-refractivity contribution in [2.75, 3.05) is 13.1 Å². The molecule has 130 valence electrons. The average molecular weight is 354 g/mol. The Morgan fingerprint density at radius 2 is 1.96 bits per heavy atom. The Kier molecular flexibility index (Phi) is 4.80. The number of hydrogen-bond donors (Lipinski definition) is 4. The zero-order valence-electron chi connectivity index (χ0n) is 13.1. The molecule has 5 nitrogen and oxygen atoms in total. The van der Waals surface area contributed by atoms with Gasteiger partial charge in [-0.2, -0.15) is 0 Å². The predicted molar refractivity (Wildman–Crippen MR) is 91.8 cm³/mol. The summed E-state index contributed by atoms with van der Waals surface area (Å²) in [6, 6.07) is 5.78. The van der Waals surface area contributed by atoms with Crippen LogP contribution in [-0.2, 0) is 0 Å². The fourth-order valence-corrected chi connectivity index (χ4v) is 3.92. The normalized spacial score (nSPS) is 29.1. The SMILES string of the molecule is Cl.O=C(N[C@H]1C[C@H]2CNC[C@H]2C[C@@H]1O)c1cc2cc(F)ccc2[nH]1. The van der Waals surface area contributed by atoms with Gasteiger partial charge >= 0.3 is 0 Å². The molecule has 4 N–H and O–H groups in total. The van der Waals surface area contributed by atoms with Gasteiger partial charge in [-0.15, -0.1) is 12.4 Å². The number of aromatic amines is 1. The highest BCUT2D eigenvalue weighted by atomic mass is 35.5. The first-order valence-electron chi connectivity index (χ1n) is 8.08. The Bertz CT molecular complexity index is 751. The van der Waals surface area contributed by atoms with Crippen LogP contribution in [0.2, 0.25) is 0 Å². The lowest BCUT2D eigenvalue weighted by Crippen LogP contribution is -2.49. The van der Waals surface area contributed by atoms with Gasteiger partial charge in [0.15, 0.2) is 0 Å². The van der Waals surface area contributed by atoms with Crippen LogP contribution in [0.15, 0.2) is 24.3 Å². The van der Waals surface area contributed by atoms with E-state index in [0.29, 0.717) is 22.9 Å². The van der Waals surface area contributed by atoms with Crippen molar-refractivity contribution >= 4 is 29.2 Å². The molecule has 2 aromatic rings. The van der Waals surface area contributed by atoms with Crippen LogP contribution in [-0.4, -0.2) is 41.2 Å². The molecule has 0 unspecified atom stereocenters. The highest BCUT2D eigenvalue weighted by Gasteiger charge is 2.39. The molecule has 2 aliphatic rings. The fourth-order valence-electron chi connectivity index (χ4n) is 3.92. The summed E-state index contributed by atoms with van der Waals surface area (Å²) >= 11 is 0. The quantitative estimate of drug-likeness (QED) is 0.665. The van der Waals surface area contributed by atoms with Crippen molar-refractivity contribution in [3.8, 4) is 0 Å². The largest absolute Gasteiger partial charge is 0.391 e. The number of hydrogen-bond acceptors (Lipinski definition) is 3. The van der Waals surface area contributed by atoms with Crippen molar-refractivity contribution in [3.05, 3.63) is 35.8 Å². The van der Waals surface area contributed by atoms with E-state index in [0.717, 1.165) is 31.4 Å². The highest BCUT2D eigenvalue weighted by Crippen LogP contribution is 2.33. The van der Waals surface area contributed by atoms with E-state index in [-0.39, 0.29) is 30.2 Å². The van der Waals surface area contributed by atoms with Crippen LogP contribution in [0.5, 0.6) is 0 Å². The topological polar surface area (TPSA) is 77.2 Å². The van der Waals surface area contributed by atoms with Crippen LogP contribution in [0.3, 0.4) is 0 Å². The maximum Gasteiger partial charge on any atom is 0.268 e. The Balaban J connectivity index is 0.00000169. The molecule has 24 heavy (non-hydrogen) atoms. The van der Waals surface area contributed by atoms with Crippen molar-refractivity contribution in [3.63, 3.8) is 0 Å². The van der Waals surface area contributed by atoms with Gasteiger partial charge < -0.3 is 20.7 Å². The summed E-state index contributed by atoms with van der Waals surface area (Å²) in [5.74, 6) is 0.440. The average Bonchev–Trinajstić information content (AvgIpc) is 3.13. The molecular formula is C17H21ClFN3O2. The molecule has 0 bridgehead atoms. The van der Waals surface area contributed by atoms with Gasteiger partial charge in [0, 0.05) is 10.9 Å². The molecular weight excluding hydrogens is 333 g/mol. The second-order valence-corrected chi connectivity index (χ2v) is 6.71. The second-order valence-electron chi connectivity index (χ2n) is 6.71. The van der Waals surface area contributed by atoms with Crippen LogP contribution >= 0.6 is 12.4 Å². The molecule has 1 saturated heterocycles. The zero-order chi connectivity index (χ0) is 16.0. The molecule has 0 spiro atoms. The van der Waals surface area contributed by atoms with Gasteiger partial charge in [-0.1, -0.05) is 0 Å². The Hall–Kier alpha value is -1.63. The number of benzene rings is 1. The third-order valence-corrected chi connectivity index (χ3v) is 5.19. The molecule has 1 aromatic heterocycles. The Morgan fingerprint density at radius 3 is 2.75 bits per heavy atom. The van der Waals surface area contributed by atoms with E-state index in [2.05, 4.69) is 15.6 Å². The van der Waals surface area contributed by atoms with Gasteiger partial charge in [-0.25, -0.2) is 4.39 Å². The number of carbonyl (C=O) groups is 1. The summed E-state index contributed by atoms with van der Waals surface area (Å²) in [7, 11) is 0. The summed E-state index contributed by atoms with van der Waals surface area (Å²) in [5.41, 5.74) is 1.12. The Morgan fingerprint density at radius 1 is 1.21 bits per heavy atom. The molecule has 7 heteroatoms. The van der Waals surface area contributed by atoms with E-state index >= 15 is 0 Å². The molecule has 1 aromatic carbocycles. The minimum Gasteiger partial charge on any atom is -0.391 e. The number of aliphatic hydroxyl groups is 1. The summed E-state index contributed by atoms with van der Waals surface area (Å²) in [5, 5.41) is 17.2. The number of H-pyrrole nitrogens is 1. The smallest absolute Gasteiger partial charge is 0.268 e. The summed E-state index contributed by atoms with van der Waals surface area (Å²) in [6.07, 6.45) is 1.00. The fraction of sp³-hybridized carbons (Fsp3) is 0.471. The van der Waals surface area contributed by atoms with Crippen molar-refractivity contribution in [1.82, 2.24) is 15.6 Å². The first-order valence-corrected chi connectivity index (χ1v) is 8.08. The number of rotatable bonds is 2. The van der Waals surface area contributed by atoms with E-state index < -0.39 is 6.10 Å². The van der Waals surface area contributed by atoms with E-state index in [1.807, 2.05) is 0 Å². The Labute approximate surface area is 145 Å². The third-order valence-electron chi connectivity index (χ3n) is 5.19. The molecule has 1 saturated carbocycles. The van der Waals surface area contributed by atoms with Crippen LogP contribution in [0.4, 0.5) is 4.39 Å². The molecule has 2 fully saturated rings. The lowest BCUT2D eigenvalue weighted by molar-refractivity contribution is 0.0460. The standard InChI is InChI=1S/C17H20FN3O2.ClH/c18-12-1-2-13-9(3-12)4-15(20-13)17(23)21-14-5-10-7-19-8-11(10)6-16(14)22;/h1-4,10-11,14,16,19-20,22H,5-8H2,(H,21,23);1H/t10-,11+,14-,16-;/m0./s1. The first kappa shape index (κ1) is 17.2. The summed E-state index contributed by atoms with van der Waals surface area (Å²) in [4.78, 5) is 15.4. The lowest BCUT2D eigenvalue weighted by Gasteiger charge is -2.35. The maximum atomic E-state index is 13.2. The van der Waals surface area contributed by atoms with Crippen LogP contribution in [0.1, 0.15) is 23.3 Å². The van der Waals surface area contributed by atoms with Crippen LogP contribution in [0, 0.1) is 17.7 Å². The molecule has 0 radical (unpaired) electrons. The van der Waals surface area contributed by atoms with Crippen molar-refractivity contribution < 1.29 is 14.3 Å². The second kappa shape index (κ2) is 6.70. The first-order chi connectivity index (χ1) is 11.1. The summed E-state index contributed by atoms with van der Waals surface area (Å²) < 4.78 is 13.2. The molecule has 1 amide bonds. The highest BCUT2D eigenvalue weighted by molar-refractivity contribution is 5.98. The minimum atomic E-state index is -0.512. The van der Waals surface area contributed by atoms with Gasteiger partial charge in [-0.3, -0.25) is 4.79 Å². The number of aromatic nitrogens is 1. The van der Waals surface area contributed by atoms with Crippen LogP contribution in [0.25, 0.3) is 10.9 Å². The predicted octanol–water partition coefficient (Wildman–Crippen LogP) is 1.82. The number of fused-ring (bicyclic) bond motifs is 2. The monoisotopic (exact) mass is 353 g/mol. The van der Waals surface area contributed by atoms with Crippen molar-refractivity contribution in [2.24, 2.45) is 11.8 Å². The third kappa shape index (κ3) is 3.14. The minimum absolute atomic E-state index is 0. The lowest BCUT2D eigenvalue weighted by atomic mass is 9.77. The zero-order valence-corrected chi connectivity index (χ0v) is 13.9. The van der Waals surface area contributed by atoms with Crippen LogP contribution < -0.4 is 10.6 Å². The summed E-state index contributed by atoms with van der Waals surface area (Å²) in [6.45, 7) is 1.91.